The van der Waals surface area contributed by atoms with Crippen molar-refractivity contribution < 1.29 is 23.1 Å². The lowest BCUT2D eigenvalue weighted by Gasteiger charge is -2.28. The van der Waals surface area contributed by atoms with Gasteiger partial charge in [-0.2, -0.15) is 13.2 Å². The van der Waals surface area contributed by atoms with Gasteiger partial charge in [-0.05, 0) is 25.2 Å². The van der Waals surface area contributed by atoms with Gasteiger partial charge in [0.2, 0.25) is 0 Å². The maximum atomic E-state index is 12.5. The van der Waals surface area contributed by atoms with Gasteiger partial charge in [0.15, 0.2) is 0 Å². The van der Waals surface area contributed by atoms with Crippen LogP contribution < -0.4 is 0 Å². The summed E-state index contributed by atoms with van der Waals surface area (Å²) in [5.41, 5.74) is 2.28. The number of hydrogen-bond donors (Lipinski definition) is 1. The van der Waals surface area contributed by atoms with Crippen molar-refractivity contribution in [1.29, 1.82) is 0 Å². The molecule has 1 N–H and O–H groups in total. The molecule has 0 fully saturated rings. The largest absolute Gasteiger partial charge is 0.478 e. The summed E-state index contributed by atoms with van der Waals surface area (Å²) >= 11 is 0. The summed E-state index contributed by atoms with van der Waals surface area (Å²) in [5, 5.41) is 8.90. The van der Waals surface area contributed by atoms with Crippen LogP contribution in [0.5, 0.6) is 0 Å². The fourth-order valence-corrected chi connectivity index (χ4v) is 1.68. The van der Waals surface area contributed by atoms with Crippen molar-refractivity contribution in [1.82, 2.24) is 4.90 Å². The van der Waals surface area contributed by atoms with Gasteiger partial charge in [-0.15, -0.1) is 0 Å². The highest BCUT2D eigenvalue weighted by molar-refractivity contribution is 5.91. The van der Waals surface area contributed by atoms with Crippen molar-refractivity contribution in [3.63, 3.8) is 0 Å². The molecule has 2 aliphatic heterocycles. The fourth-order valence-electron chi connectivity index (χ4n) is 1.68. The Morgan fingerprint density at radius 3 is 2.67 bits per heavy atom. The number of rotatable bonds is 1. The average molecular weight is 255 g/mol. The first-order valence-electron chi connectivity index (χ1n) is 4.98. The topological polar surface area (TPSA) is 40.5 Å². The number of carboxylic acid groups (broad SMARTS) is 1. The van der Waals surface area contributed by atoms with Crippen LogP contribution in [0.15, 0.2) is 52.7 Å². The molecule has 0 saturated carbocycles. The summed E-state index contributed by atoms with van der Waals surface area (Å²) in [6.07, 6.45) is -0.232. The van der Waals surface area contributed by atoms with Crippen LogP contribution in [0.25, 0.3) is 0 Å². The molecule has 0 saturated heterocycles. The van der Waals surface area contributed by atoms with E-state index in [1.807, 2.05) is 0 Å². The Balaban J connectivity index is 2.47. The molecule has 2 heterocycles. The average Bonchev–Trinajstić information content (AvgIpc) is 2.27. The van der Waals surface area contributed by atoms with E-state index in [0.29, 0.717) is 5.70 Å². The molecule has 3 nitrogen and oxygen atoms in total. The Kier molecular flexibility index (Phi) is 2.67. The van der Waals surface area contributed by atoms with Gasteiger partial charge in [-0.25, -0.2) is 4.79 Å². The summed E-state index contributed by atoms with van der Waals surface area (Å²) in [7, 11) is 0. The van der Waals surface area contributed by atoms with Gasteiger partial charge in [0, 0.05) is 11.9 Å². The predicted octanol–water partition coefficient (Wildman–Crippen LogP) is 2.72. The first-order chi connectivity index (χ1) is 8.30. The van der Waals surface area contributed by atoms with Gasteiger partial charge in [0.1, 0.15) is 0 Å². The molecule has 0 spiro atoms. The third kappa shape index (κ3) is 1.98. The SMILES string of the molecule is CC1=C(C(=O)O)C=C=C2C=C(C(F)(F)F)C=CN21. The summed E-state index contributed by atoms with van der Waals surface area (Å²) in [5.74, 6) is -1.14. The zero-order valence-electron chi connectivity index (χ0n) is 9.25. The standard InChI is InChI=1S/C12H8F3NO2/c1-7-10(11(17)18)3-2-9-6-8(12(13,14)15)4-5-16(7)9/h3-6H,1H3,(H,17,18). The quantitative estimate of drug-likeness (QED) is 0.732. The van der Waals surface area contributed by atoms with E-state index in [0.717, 1.165) is 12.2 Å². The van der Waals surface area contributed by atoms with Crippen LogP contribution in [0.4, 0.5) is 13.2 Å². The Labute approximate surface area is 101 Å². The third-order valence-corrected chi connectivity index (χ3v) is 2.63. The van der Waals surface area contributed by atoms with E-state index in [2.05, 4.69) is 5.73 Å². The number of allylic oxidation sites excluding steroid dienone is 3. The van der Waals surface area contributed by atoms with Crippen molar-refractivity contribution in [2.45, 2.75) is 13.1 Å². The molecular weight excluding hydrogens is 247 g/mol. The minimum Gasteiger partial charge on any atom is -0.478 e. The molecule has 0 aromatic rings. The first-order valence-corrected chi connectivity index (χ1v) is 4.98. The fraction of sp³-hybridized carbons (Fsp3) is 0.167. The van der Waals surface area contributed by atoms with Crippen LogP contribution in [0.3, 0.4) is 0 Å². The molecule has 0 aliphatic carbocycles. The number of carbonyl (C=O) groups is 1. The van der Waals surface area contributed by atoms with E-state index in [-0.39, 0.29) is 11.3 Å². The van der Waals surface area contributed by atoms with E-state index in [1.54, 1.807) is 0 Å². The van der Waals surface area contributed by atoms with Gasteiger partial charge in [0.05, 0.1) is 16.8 Å². The molecule has 6 heteroatoms. The predicted molar refractivity (Wildman–Crippen MR) is 57.0 cm³/mol. The molecule has 0 aromatic heterocycles. The molecule has 94 valence electrons. The highest BCUT2D eigenvalue weighted by atomic mass is 19.4. The second-order valence-electron chi connectivity index (χ2n) is 3.76. The zero-order valence-corrected chi connectivity index (χ0v) is 9.25. The Morgan fingerprint density at radius 1 is 1.44 bits per heavy atom. The van der Waals surface area contributed by atoms with Crippen molar-refractivity contribution in [3.8, 4) is 0 Å². The zero-order chi connectivity index (χ0) is 13.5. The maximum Gasteiger partial charge on any atom is 0.416 e. The van der Waals surface area contributed by atoms with Crippen LogP contribution in [0.1, 0.15) is 6.92 Å². The van der Waals surface area contributed by atoms with Gasteiger partial charge in [0.25, 0.3) is 0 Å². The normalized spacial score (nSPS) is 18.6. The smallest absolute Gasteiger partial charge is 0.416 e. The van der Waals surface area contributed by atoms with Crippen molar-refractivity contribution in [3.05, 3.63) is 52.7 Å². The van der Waals surface area contributed by atoms with Crippen molar-refractivity contribution in [2.24, 2.45) is 0 Å². The van der Waals surface area contributed by atoms with Gasteiger partial charge in [-0.1, -0.05) is 5.73 Å². The number of hydrogen-bond acceptors (Lipinski definition) is 2. The maximum absolute atomic E-state index is 12.5. The van der Waals surface area contributed by atoms with E-state index in [4.69, 9.17) is 5.11 Å². The van der Waals surface area contributed by atoms with Crippen molar-refractivity contribution >= 4 is 5.97 Å². The molecule has 0 unspecified atom stereocenters. The van der Waals surface area contributed by atoms with Crippen LogP contribution in [-0.4, -0.2) is 22.2 Å². The van der Waals surface area contributed by atoms with Crippen LogP contribution in [0.2, 0.25) is 0 Å². The lowest BCUT2D eigenvalue weighted by molar-refractivity contribution is -0.132. The molecule has 2 aliphatic rings. The van der Waals surface area contributed by atoms with Gasteiger partial charge in [-0.3, -0.25) is 0 Å². The molecule has 0 bridgehead atoms. The van der Waals surface area contributed by atoms with E-state index >= 15 is 0 Å². The van der Waals surface area contributed by atoms with Gasteiger partial charge >= 0.3 is 12.1 Å². The Morgan fingerprint density at radius 2 is 2.11 bits per heavy atom. The highest BCUT2D eigenvalue weighted by Gasteiger charge is 2.34. The number of carboxylic acids is 1. The number of halogens is 3. The number of alkyl halides is 3. The number of aliphatic carboxylic acids is 1. The molecule has 0 atom stereocenters. The molecule has 18 heavy (non-hydrogen) atoms. The van der Waals surface area contributed by atoms with Gasteiger partial charge < -0.3 is 10.0 Å². The lowest BCUT2D eigenvalue weighted by atomic mass is 10.1. The van der Waals surface area contributed by atoms with Crippen LogP contribution >= 0.6 is 0 Å². The molecule has 0 amide bonds. The first kappa shape index (κ1) is 12.3. The monoisotopic (exact) mass is 255 g/mol. The summed E-state index contributed by atoms with van der Waals surface area (Å²) in [4.78, 5) is 12.2. The Hall–Kier alpha value is -2.20. The summed E-state index contributed by atoms with van der Waals surface area (Å²) in [6, 6.07) is 0. The molecule has 2 rings (SSSR count). The van der Waals surface area contributed by atoms with E-state index in [9.17, 15) is 18.0 Å². The lowest BCUT2D eigenvalue weighted by Crippen LogP contribution is -2.23. The third-order valence-electron chi connectivity index (χ3n) is 2.63. The summed E-state index contributed by atoms with van der Waals surface area (Å²) in [6.45, 7) is 1.53. The minimum absolute atomic E-state index is 0.00672. The van der Waals surface area contributed by atoms with Crippen LogP contribution in [0, 0.1) is 0 Å². The second-order valence-corrected chi connectivity index (χ2v) is 3.76. The number of fused-ring (bicyclic) bond motifs is 1. The van der Waals surface area contributed by atoms with E-state index in [1.165, 1.54) is 24.1 Å². The minimum atomic E-state index is -4.43. The molecule has 0 radical (unpaired) electrons. The molecule has 0 aromatic carbocycles. The Bertz CT molecular complexity index is 573. The van der Waals surface area contributed by atoms with E-state index < -0.39 is 17.7 Å². The number of nitrogens with zero attached hydrogens (tertiary/aromatic N) is 1. The van der Waals surface area contributed by atoms with Crippen molar-refractivity contribution in [2.75, 3.05) is 0 Å². The summed E-state index contributed by atoms with van der Waals surface area (Å²) < 4.78 is 37.5. The highest BCUT2D eigenvalue weighted by Crippen LogP contribution is 2.33. The molecular formula is C12H8F3NO2. The second kappa shape index (κ2) is 3.92. The van der Waals surface area contributed by atoms with Crippen LogP contribution in [-0.2, 0) is 4.79 Å².